The number of halogens is 4. The first-order valence-electron chi connectivity index (χ1n) is 4.15. The van der Waals surface area contributed by atoms with Gasteiger partial charge in [-0.15, -0.1) is 17.0 Å². The molecule has 1 atom stereocenters. The van der Waals surface area contributed by atoms with Crippen molar-refractivity contribution < 1.29 is 13.2 Å². The van der Waals surface area contributed by atoms with E-state index < -0.39 is 12.2 Å². The molecule has 1 aromatic rings. The van der Waals surface area contributed by atoms with Gasteiger partial charge in [0.1, 0.15) is 11.9 Å². The molecule has 1 rings (SSSR count). The van der Waals surface area contributed by atoms with Crippen molar-refractivity contribution in [2.75, 3.05) is 0 Å². The smallest absolute Gasteiger partial charge is 0.346 e. The molecule has 0 saturated heterocycles. The van der Waals surface area contributed by atoms with E-state index in [0.29, 0.717) is 17.2 Å². The summed E-state index contributed by atoms with van der Waals surface area (Å²) in [6.07, 6.45) is -4.61. The van der Waals surface area contributed by atoms with Crippen LogP contribution in [0.3, 0.4) is 0 Å². The summed E-state index contributed by atoms with van der Waals surface area (Å²) < 4.78 is 36.3. The minimum absolute atomic E-state index is 0. The summed E-state index contributed by atoms with van der Waals surface area (Å²) in [6.45, 7) is 3.34. The summed E-state index contributed by atoms with van der Waals surface area (Å²) >= 11 is 0. The van der Waals surface area contributed by atoms with Crippen LogP contribution in [0.25, 0.3) is 0 Å². The van der Waals surface area contributed by atoms with Crippen molar-refractivity contribution in [2.45, 2.75) is 32.5 Å². The highest BCUT2D eigenvalue weighted by atomic mass is 79.9. The number of rotatable bonds is 2. The highest BCUT2D eigenvalue weighted by Gasteiger charge is 2.37. The van der Waals surface area contributed by atoms with Crippen LogP contribution in [0.15, 0.2) is 0 Å². The molecule has 7 heteroatoms. The number of hydrogen-bond acceptors (Lipinski definition) is 2. The Morgan fingerprint density at radius 1 is 1.40 bits per heavy atom. The van der Waals surface area contributed by atoms with E-state index in [-0.39, 0.29) is 23.4 Å². The molecule has 0 saturated carbocycles. The van der Waals surface area contributed by atoms with Crippen molar-refractivity contribution in [2.24, 2.45) is 5.73 Å². The standard InChI is InChI=1S/C8H12F3N3.BrH/c1-4-6(14-5(2)13-4)3-7(12)8(9,10)11;/h7H,3,12H2,1-2H3,(H,13,14);1H. The molecule has 3 nitrogen and oxygen atoms in total. The van der Waals surface area contributed by atoms with Crippen LogP contribution in [0.5, 0.6) is 0 Å². The Morgan fingerprint density at radius 2 is 1.93 bits per heavy atom. The summed E-state index contributed by atoms with van der Waals surface area (Å²) in [5.74, 6) is 0.604. The molecule has 0 amide bonds. The van der Waals surface area contributed by atoms with Gasteiger partial charge in [-0.25, -0.2) is 4.98 Å². The maximum Gasteiger partial charge on any atom is 0.404 e. The maximum absolute atomic E-state index is 12.1. The van der Waals surface area contributed by atoms with Gasteiger partial charge in [-0.2, -0.15) is 13.2 Å². The van der Waals surface area contributed by atoms with Crippen LogP contribution < -0.4 is 5.73 Å². The van der Waals surface area contributed by atoms with Crippen LogP contribution >= 0.6 is 17.0 Å². The molecule has 0 aliphatic rings. The Balaban J connectivity index is 0.00000196. The summed E-state index contributed by atoms with van der Waals surface area (Å²) in [6, 6.07) is -1.83. The third-order valence-electron chi connectivity index (χ3n) is 1.95. The number of aromatic amines is 1. The Bertz CT molecular complexity index is 321. The lowest BCUT2D eigenvalue weighted by Crippen LogP contribution is -2.39. The molecule has 3 N–H and O–H groups in total. The second kappa shape index (κ2) is 4.98. The Hall–Kier alpha value is -0.560. The predicted molar refractivity (Wildman–Crippen MR) is 56.1 cm³/mol. The molecule has 88 valence electrons. The van der Waals surface area contributed by atoms with E-state index in [4.69, 9.17) is 5.73 Å². The normalized spacial score (nSPS) is 13.5. The van der Waals surface area contributed by atoms with Crippen molar-refractivity contribution in [1.82, 2.24) is 9.97 Å². The second-order valence-electron chi connectivity index (χ2n) is 3.24. The van der Waals surface area contributed by atoms with Gasteiger partial charge < -0.3 is 10.7 Å². The van der Waals surface area contributed by atoms with E-state index in [9.17, 15) is 13.2 Å². The molecule has 0 radical (unpaired) electrons. The van der Waals surface area contributed by atoms with Gasteiger partial charge in [-0.1, -0.05) is 0 Å². The van der Waals surface area contributed by atoms with Gasteiger partial charge in [-0.3, -0.25) is 0 Å². The van der Waals surface area contributed by atoms with Gasteiger partial charge >= 0.3 is 6.18 Å². The average molecular weight is 288 g/mol. The topological polar surface area (TPSA) is 54.7 Å². The third kappa shape index (κ3) is 3.83. The van der Waals surface area contributed by atoms with E-state index in [2.05, 4.69) is 9.97 Å². The number of nitrogens with zero attached hydrogens (tertiary/aromatic N) is 1. The monoisotopic (exact) mass is 287 g/mol. The molecule has 1 aromatic heterocycles. The molecular formula is C8H13BrF3N3. The van der Waals surface area contributed by atoms with Gasteiger partial charge in [0.2, 0.25) is 0 Å². The molecular weight excluding hydrogens is 275 g/mol. The number of aromatic nitrogens is 2. The van der Waals surface area contributed by atoms with Crippen LogP contribution in [-0.2, 0) is 6.42 Å². The molecule has 1 unspecified atom stereocenters. The van der Waals surface area contributed by atoms with E-state index in [1.54, 1.807) is 13.8 Å². The Kier molecular flexibility index (Phi) is 4.79. The Morgan fingerprint density at radius 3 is 2.27 bits per heavy atom. The fraction of sp³-hybridized carbons (Fsp3) is 0.625. The van der Waals surface area contributed by atoms with E-state index in [1.165, 1.54) is 0 Å². The largest absolute Gasteiger partial charge is 0.404 e. The van der Waals surface area contributed by atoms with Gasteiger partial charge in [0.25, 0.3) is 0 Å². The highest BCUT2D eigenvalue weighted by Crippen LogP contribution is 2.21. The zero-order valence-electron chi connectivity index (χ0n) is 8.35. The predicted octanol–water partition coefficient (Wildman–Crippen LogP) is 2.04. The van der Waals surface area contributed by atoms with Gasteiger partial charge in [0, 0.05) is 12.1 Å². The van der Waals surface area contributed by atoms with Crippen LogP contribution in [0.1, 0.15) is 17.2 Å². The van der Waals surface area contributed by atoms with Crippen molar-refractivity contribution in [1.29, 1.82) is 0 Å². The highest BCUT2D eigenvalue weighted by molar-refractivity contribution is 8.93. The first-order chi connectivity index (χ1) is 6.30. The third-order valence-corrected chi connectivity index (χ3v) is 1.95. The minimum Gasteiger partial charge on any atom is -0.346 e. The molecule has 0 aliphatic carbocycles. The molecule has 0 spiro atoms. The molecule has 1 heterocycles. The number of H-pyrrole nitrogens is 1. The van der Waals surface area contributed by atoms with E-state index >= 15 is 0 Å². The zero-order chi connectivity index (χ0) is 10.9. The molecule has 0 aromatic carbocycles. The molecule has 0 bridgehead atoms. The first-order valence-corrected chi connectivity index (χ1v) is 4.15. The van der Waals surface area contributed by atoms with Crippen molar-refractivity contribution in [3.05, 3.63) is 17.2 Å². The fourth-order valence-corrected chi connectivity index (χ4v) is 1.19. The van der Waals surface area contributed by atoms with Gasteiger partial charge in [0.15, 0.2) is 0 Å². The summed E-state index contributed by atoms with van der Waals surface area (Å²) in [4.78, 5) is 6.72. The van der Waals surface area contributed by atoms with E-state index in [0.717, 1.165) is 0 Å². The lowest BCUT2D eigenvalue weighted by atomic mass is 10.1. The van der Waals surface area contributed by atoms with Crippen molar-refractivity contribution in [3.63, 3.8) is 0 Å². The number of alkyl halides is 3. The lowest BCUT2D eigenvalue weighted by molar-refractivity contribution is -0.147. The number of imidazole rings is 1. The number of hydrogen-bond donors (Lipinski definition) is 2. The number of nitrogens with two attached hydrogens (primary N) is 1. The lowest BCUT2D eigenvalue weighted by Gasteiger charge is -2.14. The Labute approximate surface area is 96.0 Å². The second-order valence-corrected chi connectivity index (χ2v) is 3.24. The SMILES string of the molecule is Br.Cc1nc(C)c(CC(N)C(F)(F)F)[nH]1. The fourth-order valence-electron chi connectivity index (χ4n) is 1.19. The molecule has 0 aliphatic heterocycles. The summed E-state index contributed by atoms with van der Waals surface area (Å²) in [7, 11) is 0. The van der Waals surface area contributed by atoms with Crippen molar-refractivity contribution in [3.8, 4) is 0 Å². The minimum atomic E-state index is -4.36. The number of aryl methyl sites for hydroxylation is 2. The summed E-state index contributed by atoms with van der Waals surface area (Å²) in [5.41, 5.74) is 6.01. The van der Waals surface area contributed by atoms with Crippen molar-refractivity contribution >= 4 is 17.0 Å². The zero-order valence-corrected chi connectivity index (χ0v) is 10.1. The quantitative estimate of drug-likeness (QED) is 0.875. The van der Waals surface area contributed by atoms with Gasteiger partial charge in [-0.05, 0) is 13.8 Å². The van der Waals surface area contributed by atoms with Crippen LogP contribution in [0.4, 0.5) is 13.2 Å². The maximum atomic E-state index is 12.1. The average Bonchev–Trinajstić information content (AvgIpc) is 2.28. The summed E-state index contributed by atoms with van der Waals surface area (Å²) in [5, 5.41) is 0. The van der Waals surface area contributed by atoms with E-state index in [1.807, 2.05) is 0 Å². The van der Waals surface area contributed by atoms with Crippen LogP contribution in [0.2, 0.25) is 0 Å². The number of nitrogens with one attached hydrogen (secondary N) is 1. The van der Waals surface area contributed by atoms with Gasteiger partial charge in [0.05, 0.1) is 5.69 Å². The first kappa shape index (κ1) is 14.4. The molecule has 15 heavy (non-hydrogen) atoms. The molecule has 0 fully saturated rings. The van der Waals surface area contributed by atoms with Crippen LogP contribution in [0, 0.1) is 13.8 Å². The van der Waals surface area contributed by atoms with Crippen LogP contribution in [-0.4, -0.2) is 22.2 Å².